The molecule has 104 valence electrons. The van der Waals surface area contributed by atoms with Crippen LogP contribution < -0.4 is 5.56 Å². The third-order valence-electron chi connectivity index (χ3n) is 3.27. The molecule has 5 nitrogen and oxygen atoms in total. The Morgan fingerprint density at radius 1 is 1.35 bits per heavy atom. The zero-order valence-corrected chi connectivity index (χ0v) is 12.1. The first-order valence-corrected chi connectivity index (χ1v) is 7.17. The normalized spacial score (nSPS) is 11.3. The van der Waals surface area contributed by atoms with Gasteiger partial charge in [-0.15, -0.1) is 11.3 Å². The molecule has 2 aromatic heterocycles. The van der Waals surface area contributed by atoms with Crippen molar-refractivity contribution in [3.8, 4) is 0 Å². The van der Waals surface area contributed by atoms with Crippen molar-refractivity contribution in [2.45, 2.75) is 13.5 Å². The van der Waals surface area contributed by atoms with E-state index in [0.717, 1.165) is 15.6 Å². The van der Waals surface area contributed by atoms with Gasteiger partial charge in [0.25, 0.3) is 5.56 Å². The molecule has 6 heteroatoms. The third kappa shape index (κ3) is 1.84. The van der Waals surface area contributed by atoms with Crippen molar-refractivity contribution in [2.75, 3.05) is 6.61 Å². The molecule has 3 aromatic rings. The largest absolute Gasteiger partial charge is 0.465 e. The average molecular weight is 290 g/mol. The summed E-state index contributed by atoms with van der Waals surface area (Å²) in [5.41, 5.74) is 0.733. The predicted molar refractivity (Wildman–Crippen MR) is 79.2 cm³/mol. The molecular weight excluding hydrogens is 276 g/mol. The summed E-state index contributed by atoms with van der Waals surface area (Å²) in [5.74, 6) is -0.396. The number of carbonyl (C=O) groups is 1. The van der Waals surface area contributed by atoms with Crippen molar-refractivity contribution in [2.24, 2.45) is 7.05 Å². The van der Waals surface area contributed by atoms with Crippen LogP contribution in [0.5, 0.6) is 0 Å². The number of hydrogen-bond donors (Lipinski definition) is 0. The second-order valence-corrected chi connectivity index (χ2v) is 5.52. The molecule has 0 aliphatic rings. The van der Waals surface area contributed by atoms with Gasteiger partial charge < -0.3 is 4.74 Å². The Morgan fingerprint density at radius 3 is 2.85 bits per heavy atom. The zero-order chi connectivity index (χ0) is 14.3. The molecule has 0 aliphatic heterocycles. The molecule has 3 rings (SSSR count). The van der Waals surface area contributed by atoms with Crippen LogP contribution >= 0.6 is 11.3 Å². The molecule has 0 radical (unpaired) electrons. The highest BCUT2D eigenvalue weighted by Crippen LogP contribution is 2.31. The molecule has 0 aliphatic carbocycles. The first-order valence-electron chi connectivity index (χ1n) is 6.36. The first-order chi connectivity index (χ1) is 9.63. The predicted octanol–water partition coefficient (Wildman–Crippen LogP) is 2.12. The van der Waals surface area contributed by atoms with Crippen molar-refractivity contribution in [3.63, 3.8) is 0 Å². The van der Waals surface area contributed by atoms with Crippen LogP contribution in [-0.4, -0.2) is 21.9 Å². The molecule has 0 N–H and O–H groups in total. The van der Waals surface area contributed by atoms with E-state index in [9.17, 15) is 9.59 Å². The number of aryl methyl sites for hydroxylation is 1. The number of ether oxygens (including phenoxy) is 1. The van der Waals surface area contributed by atoms with Crippen molar-refractivity contribution in [1.29, 1.82) is 0 Å². The Kier molecular flexibility index (Phi) is 3.10. The standard InChI is InChI=1S/C14H14N2O3S/c1-3-19-11(17)8-16-14(18)13-12(15(16)2)9-6-4-5-7-10(9)20-13/h4-7H,3,8H2,1-2H3. The number of carbonyl (C=O) groups excluding carboxylic acids is 1. The summed E-state index contributed by atoms with van der Waals surface area (Å²) in [6.45, 7) is 2.01. The van der Waals surface area contributed by atoms with Crippen molar-refractivity contribution in [1.82, 2.24) is 9.36 Å². The van der Waals surface area contributed by atoms with Crippen molar-refractivity contribution < 1.29 is 9.53 Å². The highest BCUT2D eigenvalue weighted by Gasteiger charge is 2.18. The molecule has 1 aromatic carbocycles. The van der Waals surface area contributed by atoms with Crippen LogP contribution in [0, 0.1) is 0 Å². The molecule has 0 fully saturated rings. The average Bonchev–Trinajstić information content (AvgIpc) is 2.91. The number of aromatic nitrogens is 2. The van der Waals surface area contributed by atoms with E-state index >= 15 is 0 Å². The second kappa shape index (κ2) is 4.79. The van der Waals surface area contributed by atoms with Gasteiger partial charge in [0.2, 0.25) is 0 Å². The SMILES string of the molecule is CCOC(=O)Cn1c(=O)c2sc3ccccc3c2n1C. The highest BCUT2D eigenvalue weighted by atomic mass is 32.1. The Bertz CT molecular complexity index is 856. The number of esters is 1. The number of hydrogen-bond acceptors (Lipinski definition) is 4. The van der Waals surface area contributed by atoms with Crippen molar-refractivity contribution in [3.05, 3.63) is 34.6 Å². The minimum absolute atomic E-state index is 0.0566. The molecule has 0 saturated carbocycles. The van der Waals surface area contributed by atoms with E-state index in [4.69, 9.17) is 4.74 Å². The lowest BCUT2D eigenvalue weighted by Gasteiger charge is -2.07. The Labute approximate surface area is 119 Å². The van der Waals surface area contributed by atoms with Crippen LogP contribution in [0.2, 0.25) is 0 Å². The summed E-state index contributed by atoms with van der Waals surface area (Å²) in [5, 5.41) is 1.04. The molecule has 2 heterocycles. The fraction of sp³-hybridized carbons (Fsp3) is 0.286. The smallest absolute Gasteiger partial charge is 0.327 e. The maximum absolute atomic E-state index is 12.4. The van der Waals surface area contributed by atoms with Crippen LogP contribution in [0.25, 0.3) is 20.3 Å². The fourth-order valence-corrected chi connectivity index (χ4v) is 3.55. The number of benzene rings is 1. The molecule has 20 heavy (non-hydrogen) atoms. The Morgan fingerprint density at radius 2 is 2.10 bits per heavy atom. The van der Waals surface area contributed by atoms with Crippen LogP contribution in [0.1, 0.15) is 6.92 Å². The monoisotopic (exact) mass is 290 g/mol. The Hall–Kier alpha value is -2.08. The quantitative estimate of drug-likeness (QED) is 0.694. The topological polar surface area (TPSA) is 53.2 Å². The maximum Gasteiger partial charge on any atom is 0.327 e. The Balaban J connectivity index is 2.20. The summed E-state index contributed by atoms with van der Waals surface area (Å²) in [7, 11) is 1.79. The molecule has 0 bridgehead atoms. The lowest BCUT2D eigenvalue weighted by molar-refractivity contribution is -0.144. The highest BCUT2D eigenvalue weighted by molar-refractivity contribution is 7.25. The van der Waals surface area contributed by atoms with Gasteiger partial charge in [-0.3, -0.25) is 14.3 Å². The van der Waals surface area contributed by atoms with Gasteiger partial charge >= 0.3 is 5.97 Å². The zero-order valence-electron chi connectivity index (χ0n) is 11.3. The fourth-order valence-electron chi connectivity index (χ4n) is 2.38. The lowest BCUT2D eigenvalue weighted by atomic mass is 10.2. The van der Waals surface area contributed by atoms with Gasteiger partial charge in [0.15, 0.2) is 0 Å². The minimum atomic E-state index is -0.396. The molecule has 0 atom stereocenters. The van der Waals surface area contributed by atoms with Gasteiger partial charge in [-0.1, -0.05) is 18.2 Å². The van der Waals surface area contributed by atoms with E-state index in [-0.39, 0.29) is 12.1 Å². The lowest BCUT2D eigenvalue weighted by Crippen LogP contribution is -2.26. The third-order valence-corrected chi connectivity index (χ3v) is 4.42. The molecule has 0 saturated heterocycles. The number of rotatable bonds is 3. The maximum atomic E-state index is 12.4. The summed E-state index contributed by atoms with van der Waals surface area (Å²) < 4.78 is 9.83. The number of fused-ring (bicyclic) bond motifs is 3. The summed E-state index contributed by atoms with van der Waals surface area (Å²) in [4.78, 5) is 24.0. The van der Waals surface area contributed by atoms with Gasteiger partial charge in [0.05, 0.1) is 12.1 Å². The number of nitrogens with zero attached hydrogens (tertiary/aromatic N) is 2. The van der Waals surface area contributed by atoms with Crippen LogP contribution in [-0.2, 0) is 23.1 Å². The molecular formula is C14H14N2O3S. The molecule has 0 spiro atoms. The first kappa shape index (κ1) is 12.9. The number of thiophene rings is 1. The van der Waals surface area contributed by atoms with Crippen LogP contribution in [0.15, 0.2) is 29.1 Å². The van der Waals surface area contributed by atoms with E-state index in [0.29, 0.717) is 11.3 Å². The van der Waals surface area contributed by atoms with Gasteiger partial charge in [-0.2, -0.15) is 0 Å². The minimum Gasteiger partial charge on any atom is -0.465 e. The van der Waals surface area contributed by atoms with Gasteiger partial charge in [0, 0.05) is 17.1 Å². The van der Waals surface area contributed by atoms with E-state index in [1.165, 1.54) is 16.0 Å². The van der Waals surface area contributed by atoms with E-state index in [2.05, 4.69) is 0 Å². The second-order valence-electron chi connectivity index (χ2n) is 4.47. The van der Waals surface area contributed by atoms with Crippen LogP contribution in [0.3, 0.4) is 0 Å². The van der Waals surface area contributed by atoms with Gasteiger partial charge in [0.1, 0.15) is 11.2 Å². The summed E-state index contributed by atoms with van der Waals surface area (Å²) in [6, 6.07) is 7.88. The van der Waals surface area contributed by atoms with Crippen LogP contribution in [0.4, 0.5) is 0 Å². The molecule has 0 unspecified atom stereocenters. The van der Waals surface area contributed by atoms with E-state index < -0.39 is 5.97 Å². The summed E-state index contributed by atoms with van der Waals surface area (Å²) in [6.07, 6.45) is 0. The molecule has 0 amide bonds. The van der Waals surface area contributed by atoms with E-state index in [1.54, 1.807) is 18.7 Å². The van der Waals surface area contributed by atoms with Gasteiger partial charge in [-0.25, -0.2) is 4.68 Å². The van der Waals surface area contributed by atoms with Crippen molar-refractivity contribution >= 4 is 37.6 Å². The van der Waals surface area contributed by atoms with E-state index in [1.807, 2.05) is 24.3 Å². The van der Waals surface area contributed by atoms with Gasteiger partial charge in [-0.05, 0) is 13.0 Å². The summed E-state index contributed by atoms with van der Waals surface area (Å²) >= 11 is 1.46.